The molecule has 0 radical (unpaired) electrons. The fourth-order valence-corrected chi connectivity index (χ4v) is 2.61. The zero-order chi connectivity index (χ0) is 14.4. The maximum Gasteiger partial charge on any atom is 0.126 e. The predicted octanol–water partition coefficient (Wildman–Crippen LogP) is 3.30. The summed E-state index contributed by atoms with van der Waals surface area (Å²) in [6.07, 6.45) is 1.11. The van der Waals surface area contributed by atoms with E-state index in [9.17, 15) is 0 Å². The molecule has 0 saturated carbocycles. The van der Waals surface area contributed by atoms with E-state index in [2.05, 4.69) is 51.7 Å². The lowest BCUT2D eigenvalue weighted by Crippen LogP contribution is -2.18. The van der Waals surface area contributed by atoms with Crippen molar-refractivity contribution in [2.75, 3.05) is 18.9 Å². The predicted molar refractivity (Wildman–Crippen MR) is 85.0 cm³/mol. The highest BCUT2D eigenvalue weighted by Crippen LogP contribution is 2.12. The minimum Gasteiger partial charge on any atom is -0.370 e. The second kappa shape index (κ2) is 7.36. The third-order valence-electron chi connectivity index (χ3n) is 2.89. The Kier molecular flexibility index (Phi) is 5.49. The van der Waals surface area contributed by atoms with Gasteiger partial charge >= 0.3 is 0 Å². The minimum atomic E-state index is 0.832. The molecule has 0 aliphatic rings. The first kappa shape index (κ1) is 14.9. The Morgan fingerprint density at radius 2 is 2.00 bits per heavy atom. The van der Waals surface area contributed by atoms with Crippen molar-refractivity contribution in [1.82, 2.24) is 14.9 Å². The Morgan fingerprint density at radius 1 is 1.20 bits per heavy atom. The van der Waals surface area contributed by atoms with E-state index in [1.54, 1.807) is 11.3 Å². The molecule has 5 heteroatoms. The summed E-state index contributed by atoms with van der Waals surface area (Å²) in [4.78, 5) is 11.4. The number of nitrogens with zero attached hydrogens (tertiary/aromatic N) is 3. The molecular weight excluding hydrogens is 268 g/mol. The molecule has 2 heterocycles. The normalized spacial score (nSPS) is 11.0. The number of rotatable bonds is 7. The SMILES string of the molecule is CCCNc1cccc(CN(C)Cc2csc(C)n2)n1. The van der Waals surface area contributed by atoms with Gasteiger partial charge in [0.05, 0.1) is 16.4 Å². The van der Waals surface area contributed by atoms with Crippen LogP contribution < -0.4 is 5.32 Å². The summed E-state index contributed by atoms with van der Waals surface area (Å²) < 4.78 is 0. The largest absolute Gasteiger partial charge is 0.370 e. The number of hydrogen-bond acceptors (Lipinski definition) is 5. The van der Waals surface area contributed by atoms with Crippen molar-refractivity contribution in [3.05, 3.63) is 40.0 Å². The molecule has 0 saturated heterocycles. The highest BCUT2D eigenvalue weighted by molar-refractivity contribution is 7.09. The van der Waals surface area contributed by atoms with Gasteiger partial charge in [0.15, 0.2) is 0 Å². The van der Waals surface area contributed by atoms with Crippen molar-refractivity contribution in [2.24, 2.45) is 0 Å². The maximum atomic E-state index is 4.63. The van der Waals surface area contributed by atoms with Crippen molar-refractivity contribution >= 4 is 17.2 Å². The third-order valence-corrected chi connectivity index (χ3v) is 3.72. The van der Waals surface area contributed by atoms with E-state index in [4.69, 9.17) is 0 Å². The van der Waals surface area contributed by atoms with Crippen molar-refractivity contribution in [3.8, 4) is 0 Å². The number of aryl methyl sites for hydroxylation is 1. The molecule has 0 amide bonds. The van der Waals surface area contributed by atoms with Gasteiger partial charge in [-0.15, -0.1) is 11.3 Å². The third kappa shape index (κ3) is 4.58. The minimum absolute atomic E-state index is 0.832. The van der Waals surface area contributed by atoms with Crippen LogP contribution in [0.2, 0.25) is 0 Å². The van der Waals surface area contributed by atoms with E-state index in [1.165, 1.54) is 0 Å². The van der Waals surface area contributed by atoms with Gasteiger partial charge in [0, 0.05) is 25.0 Å². The lowest BCUT2D eigenvalue weighted by atomic mass is 10.3. The fourth-order valence-electron chi connectivity index (χ4n) is 2.01. The van der Waals surface area contributed by atoms with Crippen LogP contribution in [0.15, 0.2) is 23.6 Å². The summed E-state index contributed by atoms with van der Waals surface area (Å²) in [5.41, 5.74) is 2.22. The smallest absolute Gasteiger partial charge is 0.126 e. The van der Waals surface area contributed by atoms with Crippen LogP contribution in [-0.4, -0.2) is 28.5 Å². The fraction of sp³-hybridized carbons (Fsp3) is 0.467. The molecule has 108 valence electrons. The Hall–Kier alpha value is -1.46. The van der Waals surface area contributed by atoms with Crippen LogP contribution in [0.4, 0.5) is 5.82 Å². The van der Waals surface area contributed by atoms with Gasteiger partial charge in [0.25, 0.3) is 0 Å². The van der Waals surface area contributed by atoms with Crippen LogP contribution in [0.3, 0.4) is 0 Å². The highest BCUT2D eigenvalue weighted by Gasteiger charge is 2.06. The topological polar surface area (TPSA) is 41.0 Å². The number of pyridine rings is 1. The summed E-state index contributed by atoms with van der Waals surface area (Å²) in [6, 6.07) is 6.14. The molecule has 0 aliphatic heterocycles. The number of nitrogens with one attached hydrogen (secondary N) is 1. The second-order valence-electron chi connectivity index (χ2n) is 4.97. The van der Waals surface area contributed by atoms with Crippen LogP contribution in [0.5, 0.6) is 0 Å². The number of hydrogen-bond donors (Lipinski definition) is 1. The number of aromatic nitrogens is 2. The van der Waals surface area contributed by atoms with E-state index in [0.717, 1.165) is 48.3 Å². The summed E-state index contributed by atoms with van der Waals surface area (Å²) in [5.74, 6) is 0.960. The molecule has 0 spiro atoms. The van der Waals surface area contributed by atoms with Crippen molar-refractivity contribution in [1.29, 1.82) is 0 Å². The molecule has 1 N–H and O–H groups in total. The molecular formula is C15H22N4S. The highest BCUT2D eigenvalue weighted by atomic mass is 32.1. The van der Waals surface area contributed by atoms with Gasteiger partial charge in [-0.25, -0.2) is 9.97 Å². The van der Waals surface area contributed by atoms with E-state index < -0.39 is 0 Å². The van der Waals surface area contributed by atoms with E-state index >= 15 is 0 Å². The number of thiazole rings is 1. The van der Waals surface area contributed by atoms with E-state index in [0.29, 0.717) is 0 Å². The average Bonchev–Trinajstić information content (AvgIpc) is 2.82. The summed E-state index contributed by atoms with van der Waals surface area (Å²) in [7, 11) is 2.10. The molecule has 4 nitrogen and oxygen atoms in total. The average molecular weight is 290 g/mol. The summed E-state index contributed by atoms with van der Waals surface area (Å²) in [5, 5.41) is 6.57. The van der Waals surface area contributed by atoms with Crippen molar-refractivity contribution < 1.29 is 0 Å². The Balaban J connectivity index is 1.91. The van der Waals surface area contributed by atoms with Gasteiger partial charge in [0.2, 0.25) is 0 Å². The molecule has 20 heavy (non-hydrogen) atoms. The van der Waals surface area contributed by atoms with Crippen molar-refractivity contribution in [2.45, 2.75) is 33.4 Å². The standard InChI is InChI=1S/C15H22N4S/c1-4-8-16-15-7-5-6-13(18-15)9-19(3)10-14-11-20-12(2)17-14/h5-7,11H,4,8-10H2,1-3H3,(H,16,18). The first-order valence-corrected chi connectivity index (χ1v) is 7.84. The molecule has 0 aliphatic carbocycles. The van der Waals surface area contributed by atoms with Crippen LogP contribution in [0, 0.1) is 6.92 Å². The Morgan fingerprint density at radius 3 is 2.70 bits per heavy atom. The zero-order valence-corrected chi connectivity index (χ0v) is 13.2. The lowest BCUT2D eigenvalue weighted by Gasteiger charge is -2.15. The monoisotopic (exact) mass is 290 g/mol. The number of anilines is 1. The first-order chi connectivity index (χ1) is 9.67. The van der Waals surface area contributed by atoms with Gasteiger partial charge < -0.3 is 5.32 Å². The second-order valence-corrected chi connectivity index (χ2v) is 6.03. The maximum absolute atomic E-state index is 4.63. The Labute approximate surface area is 124 Å². The van der Waals surface area contributed by atoms with Gasteiger partial charge in [-0.3, -0.25) is 4.90 Å². The quantitative estimate of drug-likeness (QED) is 0.849. The molecule has 2 rings (SSSR count). The van der Waals surface area contributed by atoms with Crippen LogP contribution in [0.25, 0.3) is 0 Å². The van der Waals surface area contributed by atoms with E-state index in [-0.39, 0.29) is 0 Å². The zero-order valence-electron chi connectivity index (χ0n) is 12.4. The molecule has 2 aromatic heterocycles. The van der Waals surface area contributed by atoms with Crippen molar-refractivity contribution in [3.63, 3.8) is 0 Å². The van der Waals surface area contributed by atoms with Crippen LogP contribution in [-0.2, 0) is 13.1 Å². The summed E-state index contributed by atoms with van der Waals surface area (Å²) in [6.45, 7) is 6.85. The molecule has 0 aromatic carbocycles. The summed E-state index contributed by atoms with van der Waals surface area (Å²) >= 11 is 1.70. The van der Waals surface area contributed by atoms with E-state index in [1.807, 2.05) is 13.0 Å². The molecule has 0 unspecified atom stereocenters. The molecule has 0 fully saturated rings. The molecule has 0 bridgehead atoms. The molecule has 0 atom stereocenters. The first-order valence-electron chi connectivity index (χ1n) is 6.96. The molecule has 2 aromatic rings. The van der Waals surface area contributed by atoms with Gasteiger partial charge in [-0.05, 0) is 32.5 Å². The van der Waals surface area contributed by atoms with Crippen LogP contribution in [0.1, 0.15) is 29.7 Å². The van der Waals surface area contributed by atoms with Gasteiger partial charge in [0.1, 0.15) is 5.82 Å². The Bertz CT molecular complexity index is 538. The van der Waals surface area contributed by atoms with Gasteiger partial charge in [-0.1, -0.05) is 13.0 Å². The van der Waals surface area contributed by atoms with Crippen LogP contribution >= 0.6 is 11.3 Å². The van der Waals surface area contributed by atoms with Gasteiger partial charge in [-0.2, -0.15) is 0 Å². The lowest BCUT2D eigenvalue weighted by molar-refractivity contribution is 0.312.